The first-order valence-electron chi connectivity index (χ1n) is 6.76. The van der Waals surface area contributed by atoms with Crippen molar-refractivity contribution in [2.75, 3.05) is 19.3 Å². The highest BCUT2D eigenvalue weighted by Gasteiger charge is 2.16. The van der Waals surface area contributed by atoms with Crippen LogP contribution in [-0.4, -0.2) is 27.8 Å². The smallest absolute Gasteiger partial charge is 0.212 e. The van der Waals surface area contributed by atoms with E-state index in [2.05, 4.69) is 10.0 Å². The largest absolute Gasteiger partial charge is 0.320 e. The predicted molar refractivity (Wildman–Crippen MR) is 79.6 cm³/mol. The van der Waals surface area contributed by atoms with Gasteiger partial charge in [0.2, 0.25) is 10.0 Å². The molecule has 0 spiro atoms. The van der Waals surface area contributed by atoms with Crippen LogP contribution in [0, 0.1) is 12.7 Å². The van der Waals surface area contributed by atoms with Gasteiger partial charge in [0.05, 0.1) is 5.75 Å². The molecule has 1 unspecified atom stereocenters. The third-order valence-corrected chi connectivity index (χ3v) is 4.68. The molecule has 0 aromatic heterocycles. The molecule has 114 valence electrons. The van der Waals surface area contributed by atoms with E-state index in [9.17, 15) is 12.8 Å². The molecule has 1 atom stereocenters. The quantitative estimate of drug-likeness (QED) is 0.723. The highest BCUT2D eigenvalue weighted by Crippen LogP contribution is 2.17. The molecule has 1 aromatic rings. The number of hydrogen-bond acceptors (Lipinski definition) is 3. The van der Waals surface area contributed by atoms with E-state index in [0.717, 1.165) is 13.0 Å². The lowest BCUT2D eigenvalue weighted by Gasteiger charge is -2.15. The SMILES string of the molecule is CNCCCCS(=O)(=O)NC(C)c1ccc(C)c(F)c1. The minimum Gasteiger partial charge on any atom is -0.320 e. The average molecular weight is 302 g/mol. The Balaban J connectivity index is 2.59. The molecule has 0 saturated heterocycles. The standard InChI is InChI=1S/C14H23FN2O2S/c1-11-6-7-13(10-14(11)15)12(2)17-20(18,19)9-5-4-8-16-3/h6-7,10,12,16-17H,4-5,8-9H2,1-3H3. The summed E-state index contributed by atoms with van der Waals surface area (Å²) in [6.45, 7) is 4.19. The summed E-state index contributed by atoms with van der Waals surface area (Å²) in [5, 5.41) is 2.98. The number of hydrogen-bond donors (Lipinski definition) is 2. The summed E-state index contributed by atoms with van der Waals surface area (Å²) in [7, 11) is -1.50. The molecular formula is C14H23FN2O2S. The van der Waals surface area contributed by atoms with Crippen molar-refractivity contribution in [2.24, 2.45) is 0 Å². The van der Waals surface area contributed by atoms with Gasteiger partial charge in [0.15, 0.2) is 0 Å². The molecule has 0 amide bonds. The predicted octanol–water partition coefficient (Wildman–Crippen LogP) is 2.11. The minimum atomic E-state index is -3.33. The van der Waals surface area contributed by atoms with Gasteiger partial charge in [0.25, 0.3) is 0 Å². The minimum absolute atomic E-state index is 0.0906. The molecule has 0 aliphatic carbocycles. The molecule has 0 fully saturated rings. The van der Waals surface area contributed by atoms with Gasteiger partial charge in [0.1, 0.15) is 5.82 Å². The molecule has 1 aromatic carbocycles. The van der Waals surface area contributed by atoms with Gasteiger partial charge in [-0.3, -0.25) is 0 Å². The number of rotatable bonds is 8. The molecule has 0 bridgehead atoms. The second-order valence-electron chi connectivity index (χ2n) is 4.98. The first-order chi connectivity index (χ1) is 9.35. The second-order valence-corrected chi connectivity index (χ2v) is 6.85. The van der Waals surface area contributed by atoms with Gasteiger partial charge >= 0.3 is 0 Å². The summed E-state index contributed by atoms with van der Waals surface area (Å²) in [4.78, 5) is 0. The van der Waals surface area contributed by atoms with Crippen molar-refractivity contribution < 1.29 is 12.8 Å². The summed E-state index contributed by atoms with van der Waals surface area (Å²) in [5.74, 6) is -0.226. The Kier molecular flexibility index (Phi) is 6.58. The zero-order valence-corrected chi connectivity index (χ0v) is 13.1. The van der Waals surface area contributed by atoms with E-state index < -0.39 is 16.1 Å². The molecule has 2 N–H and O–H groups in total. The fourth-order valence-corrected chi connectivity index (χ4v) is 3.25. The molecule has 4 nitrogen and oxygen atoms in total. The van der Waals surface area contributed by atoms with Gasteiger partial charge < -0.3 is 5.32 Å². The summed E-state index contributed by atoms with van der Waals surface area (Å²) in [6.07, 6.45) is 1.41. The van der Waals surface area contributed by atoms with E-state index in [0.29, 0.717) is 17.5 Å². The first kappa shape index (κ1) is 17.1. The fourth-order valence-electron chi connectivity index (χ4n) is 1.87. The van der Waals surface area contributed by atoms with Gasteiger partial charge in [-0.15, -0.1) is 0 Å². The van der Waals surface area contributed by atoms with Crippen LogP contribution in [0.5, 0.6) is 0 Å². The lowest BCUT2D eigenvalue weighted by molar-refractivity contribution is 0.559. The molecular weight excluding hydrogens is 279 g/mol. The maximum atomic E-state index is 13.5. The monoisotopic (exact) mass is 302 g/mol. The van der Waals surface area contributed by atoms with Crippen LogP contribution in [0.1, 0.15) is 36.9 Å². The van der Waals surface area contributed by atoms with Crippen LogP contribution >= 0.6 is 0 Å². The Morgan fingerprint density at radius 1 is 1.30 bits per heavy atom. The summed E-state index contributed by atoms with van der Waals surface area (Å²) in [5.41, 5.74) is 1.18. The van der Waals surface area contributed by atoms with Crippen LogP contribution in [0.4, 0.5) is 4.39 Å². The zero-order valence-electron chi connectivity index (χ0n) is 12.2. The van der Waals surface area contributed by atoms with Crippen LogP contribution in [-0.2, 0) is 10.0 Å². The lowest BCUT2D eigenvalue weighted by atomic mass is 10.1. The normalized spacial score (nSPS) is 13.4. The van der Waals surface area contributed by atoms with Crippen LogP contribution in [0.15, 0.2) is 18.2 Å². The molecule has 20 heavy (non-hydrogen) atoms. The molecule has 0 radical (unpaired) electrons. The zero-order chi connectivity index (χ0) is 15.2. The second kappa shape index (κ2) is 7.71. The van der Waals surface area contributed by atoms with Crippen molar-refractivity contribution in [3.63, 3.8) is 0 Å². The third-order valence-electron chi connectivity index (χ3n) is 3.14. The molecule has 0 saturated carbocycles. The van der Waals surface area contributed by atoms with Gasteiger partial charge in [-0.1, -0.05) is 12.1 Å². The first-order valence-corrected chi connectivity index (χ1v) is 8.41. The Labute approximate surface area is 120 Å². The third kappa shape index (κ3) is 5.56. The number of benzene rings is 1. The summed E-state index contributed by atoms with van der Waals surface area (Å²) >= 11 is 0. The van der Waals surface area contributed by atoms with E-state index in [1.165, 1.54) is 6.07 Å². The Bertz CT molecular complexity index is 532. The molecule has 1 rings (SSSR count). The van der Waals surface area contributed by atoms with E-state index in [1.54, 1.807) is 26.0 Å². The van der Waals surface area contributed by atoms with Gasteiger partial charge in [-0.05, 0) is 57.5 Å². The fraction of sp³-hybridized carbons (Fsp3) is 0.571. The Hall–Kier alpha value is -0.980. The molecule has 0 heterocycles. The van der Waals surface area contributed by atoms with Crippen molar-refractivity contribution in [2.45, 2.75) is 32.7 Å². The van der Waals surface area contributed by atoms with Crippen LogP contribution in [0.3, 0.4) is 0 Å². The van der Waals surface area contributed by atoms with Crippen molar-refractivity contribution >= 4 is 10.0 Å². The summed E-state index contributed by atoms with van der Waals surface area (Å²) < 4.78 is 39.9. The van der Waals surface area contributed by atoms with Crippen LogP contribution in [0.2, 0.25) is 0 Å². The highest BCUT2D eigenvalue weighted by atomic mass is 32.2. The van der Waals surface area contributed by atoms with Gasteiger partial charge in [0, 0.05) is 6.04 Å². The van der Waals surface area contributed by atoms with Crippen molar-refractivity contribution in [3.05, 3.63) is 35.1 Å². The van der Waals surface area contributed by atoms with Crippen LogP contribution in [0.25, 0.3) is 0 Å². The van der Waals surface area contributed by atoms with Gasteiger partial charge in [-0.25, -0.2) is 17.5 Å². The van der Waals surface area contributed by atoms with Crippen molar-refractivity contribution in [1.29, 1.82) is 0 Å². The molecule has 0 aliphatic heterocycles. The van der Waals surface area contributed by atoms with Crippen molar-refractivity contribution in [3.8, 4) is 0 Å². The lowest BCUT2D eigenvalue weighted by Crippen LogP contribution is -2.29. The van der Waals surface area contributed by atoms with E-state index in [-0.39, 0.29) is 11.6 Å². The Morgan fingerprint density at radius 2 is 2.00 bits per heavy atom. The van der Waals surface area contributed by atoms with E-state index in [1.807, 2.05) is 7.05 Å². The molecule has 6 heteroatoms. The van der Waals surface area contributed by atoms with E-state index >= 15 is 0 Å². The van der Waals surface area contributed by atoms with Gasteiger partial charge in [-0.2, -0.15) is 0 Å². The Morgan fingerprint density at radius 3 is 2.60 bits per heavy atom. The average Bonchev–Trinajstić information content (AvgIpc) is 2.37. The number of halogens is 1. The maximum Gasteiger partial charge on any atom is 0.212 e. The maximum absolute atomic E-state index is 13.5. The number of sulfonamides is 1. The highest BCUT2D eigenvalue weighted by molar-refractivity contribution is 7.89. The number of nitrogens with one attached hydrogen (secondary N) is 2. The van der Waals surface area contributed by atoms with Crippen LogP contribution < -0.4 is 10.0 Å². The molecule has 0 aliphatic rings. The summed E-state index contributed by atoms with van der Waals surface area (Å²) in [6, 6.07) is 4.35. The number of unbranched alkanes of at least 4 members (excludes halogenated alkanes) is 1. The van der Waals surface area contributed by atoms with Crippen molar-refractivity contribution in [1.82, 2.24) is 10.0 Å². The number of aryl methyl sites for hydroxylation is 1. The topological polar surface area (TPSA) is 58.2 Å². The van der Waals surface area contributed by atoms with E-state index in [4.69, 9.17) is 0 Å².